The molecule has 4 rings (SSSR count). The van der Waals surface area contributed by atoms with Crippen molar-refractivity contribution in [3.8, 4) is 11.4 Å². The fourth-order valence-electron chi connectivity index (χ4n) is 4.11. The van der Waals surface area contributed by atoms with Crippen molar-refractivity contribution in [3.63, 3.8) is 0 Å². The summed E-state index contributed by atoms with van der Waals surface area (Å²) in [5, 5.41) is 6.70. The van der Waals surface area contributed by atoms with Crippen LogP contribution in [0.4, 0.5) is 24.7 Å². The molecule has 4 nitrogen and oxygen atoms in total. The van der Waals surface area contributed by atoms with E-state index in [0.717, 1.165) is 67.2 Å². The molecule has 1 aromatic heterocycles. The quantitative estimate of drug-likeness (QED) is 0.407. The summed E-state index contributed by atoms with van der Waals surface area (Å²) in [7, 11) is 0. The van der Waals surface area contributed by atoms with E-state index in [4.69, 9.17) is 0 Å². The van der Waals surface area contributed by atoms with E-state index in [1.165, 1.54) is 12.1 Å². The minimum atomic E-state index is -4.49. The van der Waals surface area contributed by atoms with Crippen LogP contribution in [0.1, 0.15) is 48.6 Å². The molecule has 0 saturated carbocycles. The highest BCUT2D eigenvalue weighted by Gasteiger charge is 2.34. The van der Waals surface area contributed by atoms with Gasteiger partial charge in [0.05, 0.1) is 5.56 Å². The summed E-state index contributed by atoms with van der Waals surface area (Å²) >= 11 is 0. The molecule has 0 unspecified atom stereocenters. The second-order valence-corrected chi connectivity index (χ2v) is 8.15. The molecule has 0 radical (unpaired) electrons. The maximum absolute atomic E-state index is 13.7. The van der Waals surface area contributed by atoms with Crippen LogP contribution in [0.25, 0.3) is 17.1 Å². The maximum atomic E-state index is 13.7. The van der Waals surface area contributed by atoms with Gasteiger partial charge in [-0.2, -0.15) is 13.2 Å². The zero-order chi connectivity index (χ0) is 23.4. The molecule has 2 aromatic carbocycles. The van der Waals surface area contributed by atoms with Crippen LogP contribution < -0.4 is 10.6 Å². The molecular weight excluding hydrogens is 425 g/mol. The molecule has 33 heavy (non-hydrogen) atoms. The Morgan fingerprint density at radius 2 is 1.73 bits per heavy atom. The van der Waals surface area contributed by atoms with Crippen LogP contribution in [0.5, 0.6) is 0 Å². The Balaban J connectivity index is 1.75. The van der Waals surface area contributed by atoms with Crippen molar-refractivity contribution in [2.24, 2.45) is 0 Å². The van der Waals surface area contributed by atoms with Gasteiger partial charge in [0.2, 0.25) is 0 Å². The summed E-state index contributed by atoms with van der Waals surface area (Å²) in [5.74, 6) is 0.609. The van der Waals surface area contributed by atoms with Crippen LogP contribution in [-0.2, 0) is 19.0 Å². The van der Waals surface area contributed by atoms with Crippen LogP contribution in [0.2, 0.25) is 0 Å². The van der Waals surface area contributed by atoms with E-state index in [0.29, 0.717) is 11.5 Å². The first kappa shape index (κ1) is 22.8. The van der Waals surface area contributed by atoms with Crippen LogP contribution in [-0.4, -0.2) is 16.5 Å². The third-order valence-corrected chi connectivity index (χ3v) is 5.74. The predicted molar refractivity (Wildman–Crippen MR) is 127 cm³/mol. The number of para-hydroxylation sites is 1. The van der Waals surface area contributed by atoms with Crippen LogP contribution in [0.15, 0.2) is 55.1 Å². The number of benzene rings is 2. The average Bonchev–Trinajstić information content (AvgIpc) is 2.82. The molecule has 0 atom stereocenters. The van der Waals surface area contributed by atoms with Crippen LogP contribution in [0.3, 0.4) is 0 Å². The zero-order valence-electron chi connectivity index (χ0n) is 18.6. The fourth-order valence-corrected chi connectivity index (χ4v) is 4.11. The van der Waals surface area contributed by atoms with E-state index < -0.39 is 11.7 Å². The lowest BCUT2D eigenvalue weighted by atomic mass is 9.95. The molecule has 1 heterocycles. The molecule has 2 N–H and O–H groups in total. The summed E-state index contributed by atoms with van der Waals surface area (Å²) < 4.78 is 41.0. The van der Waals surface area contributed by atoms with Crippen molar-refractivity contribution in [2.75, 3.05) is 17.2 Å². The second-order valence-electron chi connectivity index (χ2n) is 8.15. The van der Waals surface area contributed by atoms with Gasteiger partial charge in [-0.15, -0.1) is 0 Å². The lowest BCUT2D eigenvalue weighted by Gasteiger charge is -2.22. The van der Waals surface area contributed by atoms with E-state index in [2.05, 4.69) is 34.1 Å². The summed E-state index contributed by atoms with van der Waals surface area (Å²) in [5.41, 5.74) is 3.48. The minimum Gasteiger partial charge on any atom is -0.385 e. The number of hydrogen-bond donors (Lipinski definition) is 2. The number of anilines is 2. The van der Waals surface area contributed by atoms with Gasteiger partial charge in [0.15, 0.2) is 5.82 Å². The summed E-state index contributed by atoms with van der Waals surface area (Å²) in [4.78, 5) is 9.15. The monoisotopic (exact) mass is 452 g/mol. The summed E-state index contributed by atoms with van der Waals surface area (Å²) in [6.45, 7) is 7.12. The number of aryl methyl sites for hydroxylation is 1. The standard InChI is InChI=1S/C26H27F3N4/c1-3-16-30-22-14-8-5-10-18(22)17(2)31-25-20-12-6-9-15-23(20)32-24(33-25)19-11-4-7-13-21(19)26(27,28)29/h4-5,7-8,10-11,13-14,30H,2-3,6,9,12,15-16H2,1H3,(H,31,32,33). The number of aromatic nitrogens is 2. The molecule has 7 heteroatoms. The number of hydrogen-bond acceptors (Lipinski definition) is 4. The van der Waals surface area contributed by atoms with Gasteiger partial charge in [0.1, 0.15) is 5.82 Å². The van der Waals surface area contributed by atoms with Gasteiger partial charge < -0.3 is 10.6 Å². The Morgan fingerprint density at radius 1 is 1.00 bits per heavy atom. The third-order valence-electron chi connectivity index (χ3n) is 5.74. The number of nitrogens with zero attached hydrogens (tertiary/aromatic N) is 2. The number of rotatable bonds is 7. The molecule has 1 aliphatic carbocycles. The average molecular weight is 453 g/mol. The molecule has 172 valence electrons. The molecule has 0 spiro atoms. The lowest BCUT2D eigenvalue weighted by molar-refractivity contribution is -0.137. The van der Waals surface area contributed by atoms with Gasteiger partial charge in [-0.05, 0) is 44.2 Å². The largest absolute Gasteiger partial charge is 0.417 e. The minimum absolute atomic E-state index is 0.0166. The molecule has 0 fully saturated rings. The summed E-state index contributed by atoms with van der Waals surface area (Å²) in [6.07, 6.45) is -0.0670. The Bertz CT molecular complexity index is 1150. The Kier molecular flexibility index (Phi) is 6.67. The van der Waals surface area contributed by atoms with Crippen LogP contribution in [0, 0.1) is 0 Å². The Morgan fingerprint density at radius 3 is 2.52 bits per heavy atom. The van der Waals surface area contributed by atoms with Gasteiger partial charge in [0.25, 0.3) is 0 Å². The van der Waals surface area contributed by atoms with Crippen LogP contribution >= 0.6 is 0 Å². The van der Waals surface area contributed by atoms with Gasteiger partial charge in [-0.3, -0.25) is 0 Å². The van der Waals surface area contributed by atoms with Crippen molar-refractivity contribution in [2.45, 2.75) is 45.2 Å². The van der Waals surface area contributed by atoms with E-state index in [-0.39, 0.29) is 11.4 Å². The van der Waals surface area contributed by atoms with E-state index in [1.54, 1.807) is 6.07 Å². The van der Waals surface area contributed by atoms with Crippen molar-refractivity contribution < 1.29 is 13.2 Å². The topological polar surface area (TPSA) is 49.8 Å². The number of nitrogens with one attached hydrogen (secondary N) is 2. The molecule has 3 aromatic rings. The molecule has 0 aliphatic heterocycles. The maximum Gasteiger partial charge on any atom is 0.417 e. The summed E-state index contributed by atoms with van der Waals surface area (Å²) in [6, 6.07) is 13.3. The highest BCUT2D eigenvalue weighted by atomic mass is 19.4. The van der Waals surface area contributed by atoms with Crippen molar-refractivity contribution >= 4 is 17.2 Å². The van der Waals surface area contributed by atoms with Crippen molar-refractivity contribution in [3.05, 3.63) is 77.5 Å². The van der Waals surface area contributed by atoms with E-state index in [1.807, 2.05) is 24.3 Å². The first-order chi connectivity index (χ1) is 15.9. The first-order valence-corrected chi connectivity index (χ1v) is 11.2. The predicted octanol–water partition coefficient (Wildman–Crippen LogP) is 6.95. The van der Waals surface area contributed by atoms with Crippen molar-refractivity contribution in [1.82, 2.24) is 9.97 Å². The molecule has 0 bridgehead atoms. The first-order valence-electron chi connectivity index (χ1n) is 11.2. The number of fused-ring (bicyclic) bond motifs is 1. The highest BCUT2D eigenvalue weighted by molar-refractivity contribution is 5.82. The molecule has 1 aliphatic rings. The zero-order valence-corrected chi connectivity index (χ0v) is 18.6. The van der Waals surface area contributed by atoms with E-state index >= 15 is 0 Å². The molecular formula is C26H27F3N4. The smallest absolute Gasteiger partial charge is 0.385 e. The fraction of sp³-hybridized carbons (Fsp3) is 0.308. The molecule has 0 amide bonds. The number of alkyl halides is 3. The van der Waals surface area contributed by atoms with Crippen molar-refractivity contribution in [1.29, 1.82) is 0 Å². The second kappa shape index (κ2) is 9.65. The van der Waals surface area contributed by atoms with Gasteiger partial charge in [-0.1, -0.05) is 49.9 Å². The molecule has 0 saturated heterocycles. The normalized spacial score (nSPS) is 13.3. The van der Waals surface area contributed by atoms with E-state index in [9.17, 15) is 13.2 Å². The lowest BCUT2D eigenvalue weighted by Crippen LogP contribution is -2.15. The highest BCUT2D eigenvalue weighted by Crippen LogP contribution is 2.38. The Labute approximate surface area is 192 Å². The SMILES string of the molecule is C=C(Nc1nc(-c2ccccc2C(F)(F)F)nc2c1CCCC2)c1ccccc1NCCC. The van der Waals surface area contributed by atoms with Gasteiger partial charge >= 0.3 is 6.18 Å². The number of halogens is 3. The van der Waals surface area contributed by atoms with Gasteiger partial charge in [-0.25, -0.2) is 9.97 Å². The third kappa shape index (κ3) is 5.02. The van der Waals surface area contributed by atoms with Gasteiger partial charge in [0, 0.05) is 40.3 Å². The Hall–Kier alpha value is -3.35.